The van der Waals surface area contributed by atoms with Gasteiger partial charge in [-0.15, -0.1) is 0 Å². The maximum Gasteiger partial charge on any atom is 0.0921 e. The summed E-state index contributed by atoms with van der Waals surface area (Å²) in [5.41, 5.74) is 1.36. The maximum absolute atomic E-state index is 6.15. The van der Waals surface area contributed by atoms with Crippen molar-refractivity contribution in [3.8, 4) is 0 Å². The van der Waals surface area contributed by atoms with Crippen LogP contribution in [0.5, 0.6) is 0 Å². The summed E-state index contributed by atoms with van der Waals surface area (Å²) in [5, 5.41) is 0. The lowest BCUT2D eigenvalue weighted by atomic mass is 10.3. The normalized spacial score (nSPS) is 15.0. The van der Waals surface area contributed by atoms with Crippen molar-refractivity contribution in [3.63, 3.8) is 0 Å². The van der Waals surface area contributed by atoms with Gasteiger partial charge >= 0.3 is 0 Å². The molecule has 0 saturated carbocycles. The first-order valence-corrected chi connectivity index (χ1v) is 7.63. The van der Waals surface area contributed by atoms with Crippen molar-refractivity contribution in [2.75, 3.05) is 0 Å². The van der Waals surface area contributed by atoms with Gasteiger partial charge in [0.25, 0.3) is 0 Å². The molecule has 0 aliphatic rings. The Bertz CT molecular complexity index is 142. The summed E-state index contributed by atoms with van der Waals surface area (Å²) in [5.74, 6) is 0. The van der Waals surface area contributed by atoms with E-state index in [9.17, 15) is 0 Å². The number of hydrogen-bond acceptors (Lipinski definition) is 0. The van der Waals surface area contributed by atoms with Crippen molar-refractivity contribution in [2.45, 2.75) is 39.9 Å². The lowest BCUT2D eigenvalue weighted by molar-refractivity contribution is 1.10. The highest BCUT2D eigenvalue weighted by atomic mass is 35.5. The predicted molar refractivity (Wildman–Crippen MR) is 52.2 cm³/mol. The number of allylic oxidation sites excluding steroid dienone is 1. The van der Waals surface area contributed by atoms with E-state index in [-0.39, 0.29) is 0 Å². The van der Waals surface area contributed by atoms with Gasteiger partial charge in [-0.2, -0.15) is 0 Å². The van der Waals surface area contributed by atoms with Crippen LogP contribution in [0.25, 0.3) is 0 Å². The topological polar surface area (TPSA) is 0 Å². The van der Waals surface area contributed by atoms with Gasteiger partial charge in [0.2, 0.25) is 0 Å². The van der Waals surface area contributed by atoms with E-state index in [4.69, 9.17) is 11.6 Å². The molecule has 0 N–H and O–H groups in total. The fourth-order valence-electron chi connectivity index (χ4n) is 0.795. The molecule has 0 amide bonds. The Hall–Kier alpha value is 0.247. The average molecular weight is 177 g/mol. The summed E-state index contributed by atoms with van der Waals surface area (Å²) in [6.45, 7) is 11.1. The van der Waals surface area contributed by atoms with Crippen molar-refractivity contribution in [1.82, 2.24) is 0 Å². The van der Waals surface area contributed by atoms with Crippen LogP contribution >= 0.6 is 11.6 Å². The van der Waals surface area contributed by atoms with Crippen molar-refractivity contribution in [1.29, 1.82) is 0 Å². The summed E-state index contributed by atoms with van der Waals surface area (Å²) in [7, 11) is -1.20. The average Bonchev–Trinajstić information content (AvgIpc) is 1.83. The number of hydrogen-bond donors (Lipinski definition) is 0. The van der Waals surface area contributed by atoms with Gasteiger partial charge in [0.1, 0.15) is 0 Å². The molecule has 0 bridgehead atoms. The standard InChI is InChI=1S/C8H17ClSi/c1-6-7(2)8(9)10(3,4)5/h6H2,1-5H3. The lowest BCUT2D eigenvalue weighted by Crippen LogP contribution is -2.21. The molecule has 0 aromatic rings. The first kappa shape index (κ1) is 10.2. The largest absolute Gasteiger partial charge is 0.0943 e. The van der Waals surface area contributed by atoms with E-state index >= 15 is 0 Å². The molecule has 0 aliphatic heterocycles. The minimum Gasteiger partial charge on any atom is -0.0943 e. The van der Waals surface area contributed by atoms with Crippen LogP contribution in [-0.2, 0) is 0 Å². The summed E-state index contributed by atoms with van der Waals surface area (Å²) in [6, 6.07) is 0. The van der Waals surface area contributed by atoms with E-state index in [2.05, 4.69) is 33.5 Å². The minimum atomic E-state index is -1.20. The van der Waals surface area contributed by atoms with Gasteiger partial charge in [-0.1, -0.05) is 43.7 Å². The maximum atomic E-state index is 6.15. The Labute approximate surface area is 70.3 Å². The molecule has 0 fully saturated rings. The smallest absolute Gasteiger partial charge is 0.0921 e. The van der Waals surface area contributed by atoms with Gasteiger partial charge in [-0.25, -0.2) is 0 Å². The highest BCUT2D eigenvalue weighted by Crippen LogP contribution is 2.23. The predicted octanol–water partition coefficient (Wildman–Crippen LogP) is 3.79. The van der Waals surface area contributed by atoms with Gasteiger partial charge < -0.3 is 0 Å². The second-order valence-electron chi connectivity index (χ2n) is 3.70. The molecule has 60 valence electrons. The molecule has 0 rings (SSSR count). The molecule has 0 heterocycles. The quantitative estimate of drug-likeness (QED) is 0.562. The van der Waals surface area contributed by atoms with Crippen LogP contribution in [-0.4, -0.2) is 8.07 Å². The fraction of sp³-hybridized carbons (Fsp3) is 0.750. The highest BCUT2D eigenvalue weighted by Gasteiger charge is 2.18. The van der Waals surface area contributed by atoms with Crippen LogP contribution in [0.2, 0.25) is 19.6 Å². The Balaban J connectivity index is 4.47. The SMILES string of the molecule is CCC(C)=C(Cl)[Si](C)(C)C. The summed E-state index contributed by atoms with van der Waals surface area (Å²) in [4.78, 5) is 0. The zero-order chi connectivity index (χ0) is 8.36. The van der Waals surface area contributed by atoms with Crippen molar-refractivity contribution in [2.24, 2.45) is 0 Å². The van der Waals surface area contributed by atoms with Gasteiger partial charge in [0, 0.05) is 4.66 Å². The number of halogens is 1. The van der Waals surface area contributed by atoms with E-state index in [0.29, 0.717) is 0 Å². The first-order valence-electron chi connectivity index (χ1n) is 3.75. The van der Waals surface area contributed by atoms with Gasteiger partial charge in [-0.05, 0) is 13.3 Å². The third kappa shape index (κ3) is 2.89. The van der Waals surface area contributed by atoms with E-state index in [1.165, 1.54) is 5.57 Å². The van der Waals surface area contributed by atoms with Crippen molar-refractivity contribution < 1.29 is 0 Å². The van der Waals surface area contributed by atoms with Crippen LogP contribution in [0, 0.1) is 0 Å². The molecule has 0 atom stereocenters. The zero-order valence-electron chi connectivity index (χ0n) is 7.59. The minimum absolute atomic E-state index is 1.09. The molecular weight excluding hydrogens is 160 g/mol. The molecular formula is C8H17ClSi. The lowest BCUT2D eigenvalue weighted by Gasteiger charge is -2.17. The zero-order valence-corrected chi connectivity index (χ0v) is 9.34. The summed E-state index contributed by atoms with van der Waals surface area (Å²) >= 11 is 6.15. The molecule has 0 unspecified atom stereocenters. The third-order valence-electron chi connectivity index (χ3n) is 1.56. The molecule has 0 aliphatic carbocycles. The number of rotatable bonds is 2. The van der Waals surface area contributed by atoms with E-state index in [0.717, 1.165) is 11.1 Å². The Morgan fingerprint density at radius 3 is 1.80 bits per heavy atom. The van der Waals surface area contributed by atoms with Crippen molar-refractivity contribution >= 4 is 19.7 Å². The van der Waals surface area contributed by atoms with Crippen LogP contribution in [0.3, 0.4) is 0 Å². The molecule has 0 spiro atoms. The summed E-state index contributed by atoms with van der Waals surface area (Å²) < 4.78 is 1.15. The second-order valence-corrected chi connectivity index (χ2v) is 9.39. The van der Waals surface area contributed by atoms with Crippen LogP contribution in [0.4, 0.5) is 0 Å². The monoisotopic (exact) mass is 176 g/mol. The van der Waals surface area contributed by atoms with Gasteiger partial charge in [0.15, 0.2) is 0 Å². The molecule has 0 saturated heterocycles. The molecule has 2 heteroatoms. The Morgan fingerprint density at radius 2 is 1.70 bits per heavy atom. The molecule has 10 heavy (non-hydrogen) atoms. The fourth-order valence-corrected chi connectivity index (χ4v) is 2.39. The van der Waals surface area contributed by atoms with Crippen molar-refractivity contribution in [3.05, 3.63) is 10.2 Å². The van der Waals surface area contributed by atoms with Crippen LogP contribution < -0.4 is 0 Å². The van der Waals surface area contributed by atoms with Crippen LogP contribution in [0.1, 0.15) is 20.3 Å². The first-order chi connectivity index (χ1) is 4.39. The Kier molecular flexibility index (Phi) is 3.67. The molecule has 0 aromatic heterocycles. The van der Waals surface area contributed by atoms with Gasteiger partial charge in [0.05, 0.1) is 8.07 Å². The molecule has 0 aromatic carbocycles. The van der Waals surface area contributed by atoms with E-state index < -0.39 is 8.07 Å². The van der Waals surface area contributed by atoms with E-state index in [1.54, 1.807) is 0 Å². The summed E-state index contributed by atoms with van der Waals surface area (Å²) in [6.07, 6.45) is 1.09. The Morgan fingerprint density at radius 1 is 1.30 bits per heavy atom. The molecule has 0 radical (unpaired) electrons. The van der Waals surface area contributed by atoms with E-state index in [1.807, 2.05) is 0 Å². The van der Waals surface area contributed by atoms with Crippen LogP contribution in [0.15, 0.2) is 10.2 Å². The van der Waals surface area contributed by atoms with Gasteiger partial charge in [-0.3, -0.25) is 0 Å². The second kappa shape index (κ2) is 3.58. The highest BCUT2D eigenvalue weighted by molar-refractivity contribution is 6.91. The third-order valence-corrected chi connectivity index (χ3v) is 5.33. The molecule has 0 nitrogen and oxygen atoms in total.